The van der Waals surface area contributed by atoms with E-state index in [-0.39, 0.29) is 34.5 Å². The maximum absolute atomic E-state index is 12.8. The van der Waals surface area contributed by atoms with E-state index in [9.17, 15) is 21.9 Å². The average Bonchev–Trinajstić information content (AvgIpc) is 2.87. The van der Waals surface area contributed by atoms with Crippen molar-refractivity contribution in [2.45, 2.75) is 17.0 Å². The van der Waals surface area contributed by atoms with Crippen LogP contribution in [0.5, 0.6) is 5.75 Å². The van der Waals surface area contributed by atoms with E-state index < -0.39 is 32.0 Å². The SMILES string of the molecule is COc1ccc(S(=O)(=O)N2CCN([C@H]3CS(=O)(=O)C[C@H]3O)CC2)cc1Cl. The van der Waals surface area contributed by atoms with Gasteiger partial charge in [0.05, 0.1) is 40.7 Å². The first-order valence-corrected chi connectivity index (χ1v) is 11.7. The fourth-order valence-corrected chi connectivity index (χ4v) is 6.99. The van der Waals surface area contributed by atoms with Crippen molar-refractivity contribution in [3.05, 3.63) is 23.2 Å². The van der Waals surface area contributed by atoms with Crippen molar-refractivity contribution in [3.8, 4) is 5.75 Å². The summed E-state index contributed by atoms with van der Waals surface area (Å²) < 4.78 is 55.3. The highest BCUT2D eigenvalue weighted by Crippen LogP contribution is 2.29. The van der Waals surface area contributed by atoms with Crippen molar-refractivity contribution in [2.24, 2.45) is 0 Å². The topological polar surface area (TPSA) is 104 Å². The molecule has 0 spiro atoms. The van der Waals surface area contributed by atoms with E-state index in [4.69, 9.17) is 16.3 Å². The summed E-state index contributed by atoms with van der Waals surface area (Å²) in [4.78, 5) is 1.93. The summed E-state index contributed by atoms with van der Waals surface area (Å²) in [5.74, 6) is 0.0714. The van der Waals surface area contributed by atoms with Gasteiger partial charge < -0.3 is 9.84 Å². The number of piperazine rings is 1. The third kappa shape index (κ3) is 3.85. The fourth-order valence-electron chi connectivity index (χ4n) is 3.39. The highest BCUT2D eigenvalue weighted by atomic mass is 35.5. The predicted octanol–water partition coefficient (Wildman–Crippen LogP) is -0.187. The highest BCUT2D eigenvalue weighted by Gasteiger charge is 2.41. The summed E-state index contributed by atoms with van der Waals surface area (Å²) in [5.41, 5.74) is 0. The van der Waals surface area contributed by atoms with Crippen molar-refractivity contribution >= 4 is 31.5 Å². The third-order valence-corrected chi connectivity index (χ3v) is 8.69. The summed E-state index contributed by atoms with van der Waals surface area (Å²) in [7, 11) is -5.50. The number of hydrogen-bond donors (Lipinski definition) is 1. The van der Waals surface area contributed by atoms with E-state index in [0.29, 0.717) is 18.8 Å². The van der Waals surface area contributed by atoms with Gasteiger partial charge in [-0.25, -0.2) is 16.8 Å². The molecular formula is C15H21ClN2O6S2. The summed E-state index contributed by atoms with van der Waals surface area (Å²) in [6, 6.07) is 3.83. The lowest BCUT2D eigenvalue weighted by atomic mass is 10.1. The molecule has 0 saturated carbocycles. The number of sulfone groups is 1. The Bertz CT molecular complexity index is 881. The van der Waals surface area contributed by atoms with Crippen molar-refractivity contribution in [3.63, 3.8) is 0 Å². The van der Waals surface area contributed by atoms with Gasteiger partial charge in [-0.1, -0.05) is 11.6 Å². The molecule has 3 rings (SSSR count). The zero-order valence-corrected chi connectivity index (χ0v) is 16.6. The maximum Gasteiger partial charge on any atom is 0.243 e. The Balaban J connectivity index is 1.70. The average molecular weight is 425 g/mol. The van der Waals surface area contributed by atoms with Crippen LogP contribution in [0.1, 0.15) is 0 Å². The van der Waals surface area contributed by atoms with Crippen LogP contribution in [0.4, 0.5) is 0 Å². The summed E-state index contributed by atoms with van der Waals surface area (Å²) in [5, 5.41) is 10.2. The first-order valence-electron chi connectivity index (χ1n) is 8.10. The molecule has 2 aliphatic rings. The molecule has 2 atom stereocenters. The van der Waals surface area contributed by atoms with Gasteiger partial charge in [0.2, 0.25) is 10.0 Å². The molecule has 0 radical (unpaired) electrons. The number of halogens is 1. The smallest absolute Gasteiger partial charge is 0.243 e. The number of benzene rings is 1. The molecule has 0 bridgehead atoms. The van der Waals surface area contributed by atoms with Gasteiger partial charge >= 0.3 is 0 Å². The van der Waals surface area contributed by atoms with Gasteiger partial charge in [-0.05, 0) is 18.2 Å². The molecule has 0 aromatic heterocycles. The van der Waals surface area contributed by atoms with E-state index in [0.717, 1.165) is 0 Å². The summed E-state index contributed by atoms with van der Waals surface area (Å²) >= 11 is 6.03. The number of sulfonamides is 1. The number of nitrogens with zero attached hydrogens (tertiary/aromatic N) is 2. The molecular weight excluding hydrogens is 404 g/mol. The monoisotopic (exact) mass is 424 g/mol. The Morgan fingerprint density at radius 2 is 1.85 bits per heavy atom. The van der Waals surface area contributed by atoms with Crippen LogP contribution in [0.15, 0.2) is 23.1 Å². The van der Waals surface area contributed by atoms with Crippen LogP contribution in [-0.2, 0) is 19.9 Å². The molecule has 2 heterocycles. The minimum Gasteiger partial charge on any atom is -0.495 e. The molecule has 0 unspecified atom stereocenters. The van der Waals surface area contributed by atoms with Crippen LogP contribution in [-0.4, -0.2) is 88.1 Å². The first kappa shape index (κ1) is 19.8. The van der Waals surface area contributed by atoms with Crippen molar-refractivity contribution in [2.75, 3.05) is 44.8 Å². The number of ether oxygens (including phenoxy) is 1. The molecule has 1 aromatic rings. The van der Waals surface area contributed by atoms with E-state index >= 15 is 0 Å². The largest absolute Gasteiger partial charge is 0.495 e. The van der Waals surface area contributed by atoms with Crippen LogP contribution in [0.3, 0.4) is 0 Å². The molecule has 1 N–H and O–H groups in total. The third-order valence-electron chi connectivity index (χ3n) is 4.80. The number of rotatable bonds is 4. The molecule has 2 saturated heterocycles. The lowest BCUT2D eigenvalue weighted by Crippen LogP contribution is -2.54. The first-order chi connectivity index (χ1) is 12.1. The minimum absolute atomic E-state index is 0.0835. The molecule has 2 aliphatic heterocycles. The Morgan fingerprint density at radius 1 is 1.19 bits per heavy atom. The molecule has 2 fully saturated rings. The number of aliphatic hydroxyl groups excluding tert-OH is 1. The Kier molecular flexibility index (Phi) is 5.53. The van der Waals surface area contributed by atoms with Crippen LogP contribution in [0.25, 0.3) is 0 Å². The van der Waals surface area contributed by atoms with Gasteiger partial charge in [-0.3, -0.25) is 4.90 Å². The van der Waals surface area contributed by atoms with Gasteiger partial charge in [0.15, 0.2) is 9.84 Å². The van der Waals surface area contributed by atoms with E-state index in [1.54, 1.807) is 0 Å². The molecule has 11 heteroatoms. The number of aliphatic hydroxyl groups is 1. The second-order valence-corrected chi connectivity index (χ2v) is 10.9. The van der Waals surface area contributed by atoms with Gasteiger partial charge in [0.25, 0.3) is 0 Å². The van der Waals surface area contributed by atoms with Gasteiger partial charge in [0.1, 0.15) is 5.75 Å². The standard InChI is InChI=1S/C15H21ClN2O6S2/c1-24-15-3-2-11(8-12(15)16)26(22,23)18-6-4-17(5-7-18)13-9-25(20,21)10-14(13)19/h2-3,8,13-14,19H,4-7,9-10H2,1H3/t13-,14+/m0/s1. The normalized spacial score (nSPS) is 27.5. The molecule has 1 aromatic carbocycles. The molecule has 8 nitrogen and oxygen atoms in total. The van der Waals surface area contributed by atoms with Gasteiger partial charge in [-0.2, -0.15) is 4.31 Å². The lowest BCUT2D eigenvalue weighted by Gasteiger charge is -2.37. The lowest BCUT2D eigenvalue weighted by molar-refractivity contribution is 0.0618. The van der Waals surface area contributed by atoms with Crippen molar-refractivity contribution < 1.29 is 26.7 Å². The Hall–Kier alpha value is -0.910. The Labute approximate surface area is 158 Å². The summed E-state index contributed by atoms with van der Waals surface area (Å²) in [6.45, 7) is 1.16. The van der Waals surface area contributed by atoms with Crippen LogP contribution < -0.4 is 4.74 Å². The Morgan fingerprint density at radius 3 is 2.35 bits per heavy atom. The highest BCUT2D eigenvalue weighted by molar-refractivity contribution is 7.91. The van der Waals surface area contributed by atoms with E-state index in [1.807, 2.05) is 4.90 Å². The number of hydrogen-bond acceptors (Lipinski definition) is 7. The van der Waals surface area contributed by atoms with E-state index in [2.05, 4.69) is 0 Å². The number of methoxy groups -OCH3 is 1. The van der Waals surface area contributed by atoms with Gasteiger partial charge in [-0.15, -0.1) is 0 Å². The maximum atomic E-state index is 12.8. The molecule has 0 aliphatic carbocycles. The summed E-state index contributed by atoms with van der Waals surface area (Å²) in [6.07, 6.45) is -0.927. The molecule has 26 heavy (non-hydrogen) atoms. The van der Waals surface area contributed by atoms with Crippen LogP contribution in [0, 0.1) is 0 Å². The zero-order valence-electron chi connectivity index (χ0n) is 14.2. The second-order valence-electron chi connectivity index (χ2n) is 6.45. The fraction of sp³-hybridized carbons (Fsp3) is 0.600. The van der Waals surface area contributed by atoms with Gasteiger partial charge in [0, 0.05) is 26.2 Å². The minimum atomic E-state index is -3.71. The molecule has 0 amide bonds. The predicted molar refractivity (Wildman–Crippen MR) is 96.8 cm³/mol. The van der Waals surface area contributed by atoms with E-state index in [1.165, 1.54) is 29.6 Å². The quantitative estimate of drug-likeness (QED) is 0.714. The molecule has 146 valence electrons. The zero-order chi connectivity index (χ0) is 19.1. The van der Waals surface area contributed by atoms with Crippen LogP contribution >= 0.6 is 11.6 Å². The van der Waals surface area contributed by atoms with Crippen molar-refractivity contribution in [1.29, 1.82) is 0 Å². The van der Waals surface area contributed by atoms with Crippen LogP contribution in [0.2, 0.25) is 5.02 Å². The van der Waals surface area contributed by atoms with Crippen molar-refractivity contribution in [1.82, 2.24) is 9.21 Å². The second kappa shape index (κ2) is 7.25.